The number of halogens is 1. The topological polar surface area (TPSA) is 54.6 Å². The normalized spacial score (nSPS) is 20.7. The number of hydrazone groups is 1. The van der Waals surface area contributed by atoms with Crippen LogP contribution in [-0.4, -0.2) is 12.1 Å². The van der Waals surface area contributed by atoms with Crippen LogP contribution in [0, 0.1) is 5.92 Å². The van der Waals surface area contributed by atoms with E-state index in [1.54, 1.807) is 24.3 Å². The summed E-state index contributed by atoms with van der Waals surface area (Å²) in [4.78, 5) is 11.8. The molecule has 1 heterocycles. The fraction of sp³-hybridized carbons (Fsp3) is 0.250. The second-order valence-electron chi connectivity index (χ2n) is 5.27. The highest BCUT2D eigenvalue weighted by atomic mass is 35.5. The minimum absolute atomic E-state index is 0.287. The summed E-state index contributed by atoms with van der Waals surface area (Å²) in [6.45, 7) is 2.20. The molecule has 0 spiro atoms. The molecule has 108 valence electrons. The second-order valence-corrected chi connectivity index (χ2v) is 5.70. The molecule has 0 unspecified atom stereocenters. The van der Waals surface area contributed by atoms with Gasteiger partial charge in [0.1, 0.15) is 11.5 Å². The van der Waals surface area contributed by atoms with Crippen LogP contribution < -0.4 is 5.43 Å². The lowest BCUT2D eigenvalue weighted by Crippen LogP contribution is -2.17. The average Bonchev–Trinajstić information content (AvgIpc) is 3.01. The van der Waals surface area contributed by atoms with Gasteiger partial charge in [-0.05, 0) is 48.7 Å². The van der Waals surface area contributed by atoms with E-state index >= 15 is 0 Å². The van der Waals surface area contributed by atoms with Gasteiger partial charge in [-0.3, -0.25) is 4.79 Å². The average molecular weight is 303 g/mol. The van der Waals surface area contributed by atoms with Gasteiger partial charge < -0.3 is 4.42 Å². The molecule has 0 radical (unpaired) electrons. The van der Waals surface area contributed by atoms with E-state index in [9.17, 15) is 4.79 Å². The van der Waals surface area contributed by atoms with Crippen LogP contribution in [0.5, 0.6) is 0 Å². The van der Waals surface area contributed by atoms with Crippen LogP contribution in [0.2, 0.25) is 5.02 Å². The van der Waals surface area contributed by atoms with Crippen molar-refractivity contribution in [1.29, 1.82) is 0 Å². The van der Waals surface area contributed by atoms with E-state index in [-0.39, 0.29) is 5.91 Å². The minimum Gasteiger partial charge on any atom is -0.460 e. The van der Waals surface area contributed by atoms with Gasteiger partial charge in [-0.25, -0.2) is 5.43 Å². The van der Waals surface area contributed by atoms with Crippen LogP contribution in [0.4, 0.5) is 0 Å². The van der Waals surface area contributed by atoms with Crippen LogP contribution in [0.3, 0.4) is 0 Å². The molecule has 0 bridgehead atoms. The van der Waals surface area contributed by atoms with E-state index in [1.165, 1.54) is 12.6 Å². The highest BCUT2D eigenvalue weighted by Crippen LogP contribution is 2.47. The Morgan fingerprint density at radius 1 is 1.33 bits per heavy atom. The summed E-state index contributed by atoms with van der Waals surface area (Å²) >= 11 is 5.77. The molecule has 1 aromatic carbocycles. The van der Waals surface area contributed by atoms with E-state index in [2.05, 4.69) is 17.5 Å². The molecule has 2 atom stereocenters. The molecular weight excluding hydrogens is 288 g/mol. The Morgan fingerprint density at radius 3 is 2.71 bits per heavy atom. The molecule has 21 heavy (non-hydrogen) atoms. The molecule has 1 aromatic heterocycles. The Hall–Kier alpha value is -2.07. The monoisotopic (exact) mass is 302 g/mol. The fourth-order valence-electron chi connectivity index (χ4n) is 2.18. The molecule has 2 aromatic rings. The summed E-state index contributed by atoms with van der Waals surface area (Å²) < 4.78 is 5.66. The van der Waals surface area contributed by atoms with Crippen molar-refractivity contribution in [3.05, 3.63) is 58.5 Å². The van der Waals surface area contributed by atoms with Crippen molar-refractivity contribution < 1.29 is 9.21 Å². The highest BCUT2D eigenvalue weighted by Gasteiger charge is 2.36. The first-order chi connectivity index (χ1) is 10.1. The number of hydrogen-bond acceptors (Lipinski definition) is 3. The predicted molar refractivity (Wildman–Crippen MR) is 81.7 cm³/mol. The standard InChI is InChI=1S/C16H15ClN2O2/c1-10-8-14(10)15-7-6-13(21-15)9-18-19-16(20)11-2-4-12(17)5-3-11/h2-7,9-10,14H,8H2,1H3,(H,19,20)/b18-9-/t10-,14-/m1/s1. The zero-order valence-electron chi connectivity index (χ0n) is 11.5. The number of carbonyl (C=O) groups excluding carboxylic acids is 1. The molecular formula is C16H15ClN2O2. The van der Waals surface area contributed by atoms with E-state index in [0.29, 0.717) is 28.2 Å². The summed E-state index contributed by atoms with van der Waals surface area (Å²) in [5.74, 6) is 2.58. The van der Waals surface area contributed by atoms with Gasteiger partial charge in [-0.15, -0.1) is 0 Å². The third kappa shape index (κ3) is 3.34. The third-order valence-corrected chi connectivity index (χ3v) is 3.84. The molecule has 1 aliphatic carbocycles. The molecule has 3 rings (SSSR count). The number of rotatable bonds is 4. The molecule has 1 aliphatic rings. The largest absolute Gasteiger partial charge is 0.460 e. The Labute approximate surface area is 127 Å². The Morgan fingerprint density at radius 2 is 2.05 bits per heavy atom. The number of amides is 1. The number of nitrogens with zero attached hydrogens (tertiary/aromatic N) is 1. The smallest absolute Gasteiger partial charge is 0.271 e. The molecule has 1 amide bonds. The lowest BCUT2D eigenvalue weighted by atomic mass is 10.2. The summed E-state index contributed by atoms with van der Waals surface area (Å²) in [6.07, 6.45) is 2.68. The van der Waals surface area contributed by atoms with Gasteiger partial charge in [0.2, 0.25) is 0 Å². The number of benzene rings is 1. The lowest BCUT2D eigenvalue weighted by Gasteiger charge is -1.99. The van der Waals surface area contributed by atoms with Crippen molar-refractivity contribution in [2.75, 3.05) is 0 Å². The summed E-state index contributed by atoms with van der Waals surface area (Å²) in [5, 5.41) is 4.49. The van der Waals surface area contributed by atoms with E-state index in [0.717, 1.165) is 5.76 Å². The quantitative estimate of drug-likeness (QED) is 0.689. The summed E-state index contributed by atoms with van der Waals surface area (Å²) in [7, 11) is 0. The maximum atomic E-state index is 11.8. The van der Waals surface area contributed by atoms with Crippen molar-refractivity contribution in [2.24, 2.45) is 11.0 Å². The number of nitrogens with one attached hydrogen (secondary N) is 1. The molecule has 1 fully saturated rings. The van der Waals surface area contributed by atoms with Gasteiger partial charge in [-0.2, -0.15) is 5.10 Å². The third-order valence-electron chi connectivity index (χ3n) is 3.59. The molecule has 1 saturated carbocycles. The number of hydrogen-bond donors (Lipinski definition) is 1. The van der Waals surface area contributed by atoms with E-state index in [1.807, 2.05) is 12.1 Å². The SMILES string of the molecule is C[C@@H]1C[C@H]1c1ccc(/C=N\NC(=O)c2ccc(Cl)cc2)o1. The van der Waals surface area contributed by atoms with Crippen molar-refractivity contribution in [1.82, 2.24) is 5.43 Å². The molecule has 5 heteroatoms. The fourth-order valence-corrected chi connectivity index (χ4v) is 2.30. The van der Waals surface area contributed by atoms with Gasteiger partial charge in [0.05, 0.1) is 6.21 Å². The maximum Gasteiger partial charge on any atom is 0.271 e. The first-order valence-corrected chi connectivity index (χ1v) is 7.20. The lowest BCUT2D eigenvalue weighted by molar-refractivity contribution is 0.0955. The van der Waals surface area contributed by atoms with E-state index in [4.69, 9.17) is 16.0 Å². The summed E-state index contributed by atoms with van der Waals surface area (Å²) in [6, 6.07) is 10.4. The Balaban J connectivity index is 1.57. The molecule has 0 saturated heterocycles. The zero-order valence-corrected chi connectivity index (χ0v) is 12.3. The van der Waals surface area contributed by atoms with Gasteiger partial charge >= 0.3 is 0 Å². The van der Waals surface area contributed by atoms with Gasteiger partial charge in [0.25, 0.3) is 5.91 Å². The van der Waals surface area contributed by atoms with Gasteiger partial charge in [-0.1, -0.05) is 18.5 Å². The van der Waals surface area contributed by atoms with Gasteiger partial charge in [0, 0.05) is 16.5 Å². The van der Waals surface area contributed by atoms with Crippen LogP contribution in [0.15, 0.2) is 45.9 Å². The maximum absolute atomic E-state index is 11.8. The zero-order chi connectivity index (χ0) is 14.8. The first kappa shape index (κ1) is 13.9. The molecule has 4 nitrogen and oxygen atoms in total. The first-order valence-electron chi connectivity index (χ1n) is 6.82. The Kier molecular flexibility index (Phi) is 3.80. The van der Waals surface area contributed by atoms with Crippen LogP contribution in [0.1, 0.15) is 41.1 Å². The Bertz CT molecular complexity index is 676. The van der Waals surface area contributed by atoms with Crippen molar-refractivity contribution in [3.8, 4) is 0 Å². The van der Waals surface area contributed by atoms with Crippen LogP contribution in [0.25, 0.3) is 0 Å². The van der Waals surface area contributed by atoms with Crippen LogP contribution >= 0.6 is 11.6 Å². The highest BCUT2D eigenvalue weighted by molar-refractivity contribution is 6.30. The molecule has 0 aliphatic heterocycles. The number of furan rings is 1. The number of carbonyl (C=O) groups is 1. The molecule has 1 N–H and O–H groups in total. The predicted octanol–water partition coefficient (Wildman–Crippen LogP) is 3.82. The summed E-state index contributed by atoms with van der Waals surface area (Å²) in [5.41, 5.74) is 2.96. The van der Waals surface area contributed by atoms with Crippen molar-refractivity contribution in [3.63, 3.8) is 0 Å². The van der Waals surface area contributed by atoms with Crippen LogP contribution in [-0.2, 0) is 0 Å². The minimum atomic E-state index is -0.287. The van der Waals surface area contributed by atoms with Crippen molar-refractivity contribution in [2.45, 2.75) is 19.3 Å². The van der Waals surface area contributed by atoms with E-state index < -0.39 is 0 Å². The second kappa shape index (κ2) is 5.74. The van der Waals surface area contributed by atoms with Gasteiger partial charge in [0.15, 0.2) is 0 Å². The van der Waals surface area contributed by atoms with Crippen molar-refractivity contribution >= 4 is 23.7 Å².